The Bertz CT molecular complexity index is 1500. The lowest BCUT2D eigenvalue weighted by Gasteiger charge is -2.19. The first-order valence-corrected chi connectivity index (χ1v) is 15.6. The van der Waals surface area contributed by atoms with Crippen LogP contribution in [0.1, 0.15) is 76.1 Å². The maximum Gasteiger partial charge on any atom is 0.344 e. The fraction of sp³-hybridized carbons (Fsp3) is 0.394. The van der Waals surface area contributed by atoms with Gasteiger partial charge in [0.2, 0.25) is 0 Å². The number of ether oxygens (including phenoxy) is 2. The first-order valence-electron chi connectivity index (χ1n) is 14.4. The monoisotopic (exact) mass is 678 g/mol. The molecule has 45 heavy (non-hydrogen) atoms. The molecule has 240 valence electrons. The summed E-state index contributed by atoms with van der Waals surface area (Å²) in [6.45, 7) is 5.40. The van der Waals surface area contributed by atoms with Gasteiger partial charge in [-0.1, -0.05) is 60.5 Å². The van der Waals surface area contributed by atoms with E-state index in [-0.39, 0.29) is 22.4 Å². The number of nitrogens with one attached hydrogen (secondary N) is 1. The Labute approximate surface area is 277 Å². The van der Waals surface area contributed by atoms with Crippen molar-refractivity contribution in [3.63, 3.8) is 0 Å². The topological polar surface area (TPSA) is 102 Å². The van der Waals surface area contributed by atoms with Crippen LogP contribution in [0.25, 0.3) is 0 Å². The van der Waals surface area contributed by atoms with Crippen LogP contribution in [0.15, 0.2) is 41.5 Å². The van der Waals surface area contributed by atoms with Crippen LogP contribution in [0.4, 0.5) is 10.1 Å². The van der Waals surface area contributed by atoms with Crippen molar-refractivity contribution in [2.45, 2.75) is 71.3 Å². The van der Waals surface area contributed by atoms with Crippen molar-refractivity contribution >= 4 is 64.2 Å². The summed E-state index contributed by atoms with van der Waals surface area (Å²) in [5, 5.41) is 3.44. The van der Waals surface area contributed by atoms with Crippen LogP contribution in [-0.4, -0.2) is 42.4 Å². The van der Waals surface area contributed by atoms with E-state index in [1.54, 1.807) is 19.9 Å². The van der Waals surface area contributed by atoms with Crippen LogP contribution in [0.5, 0.6) is 5.75 Å². The predicted octanol–water partition coefficient (Wildman–Crippen LogP) is 7.47. The number of hydrogen-bond donors (Lipinski definition) is 1. The molecule has 1 aliphatic carbocycles. The first-order chi connectivity index (χ1) is 21.3. The van der Waals surface area contributed by atoms with Crippen LogP contribution in [0.2, 0.25) is 15.1 Å². The summed E-state index contributed by atoms with van der Waals surface area (Å²) < 4.78 is 25.0. The van der Waals surface area contributed by atoms with E-state index >= 15 is 0 Å². The molecule has 8 nitrogen and oxygen atoms in total. The van der Waals surface area contributed by atoms with Gasteiger partial charge in [-0.3, -0.25) is 14.4 Å². The Morgan fingerprint density at radius 2 is 1.60 bits per heavy atom. The zero-order valence-electron chi connectivity index (χ0n) is 25.2. The van der Waals surface area contributed by atoms with Crippen molar-refractivity contribution in [3.8, 4) is 18.1 Å². The van der Waals surface area contributed by atoms with Gasteiger partial charge in [-0.15, -0.1) is 6.42 Å². The van der Waals surface area contributed by atoms with E-state index in [9.17, 15) is 23.6 Å². The lowest BCUT2D eigenvalue weighted by Crippen LogP contribution is -2.42. The summed E-state index contributed by atoms with van der Waals surface area (Å²) in [5.74, 6) is -0.230. The third-order valence-corrected chi connectivity index (χ3v) is 7.63. The van der Waals surface area contributed by atoms with Gasteiger partial charge in [0, 0.05) is 32.8 Å². The summed E-state index contributed by atoms with van der Waals surface area (Å²) in [6.07, 6.45) is 10.7. The van der Waals surface area contributed by atoms with Gasteiger partial charge in [0.15, 0.2) is 6.61 Å². The minimum absolute atomic E-state index is 0.000883. The maximum absolute atomic E-state index is 14.5. The largest absolute Gasteiger partial charge is 0.480 e. The summed E-state index contributed by atoms with van der Waals surface area (Å²) in [7, 11) is 0. The standard InChI is InChI=1S/C21H23ClFNO5.C12H11Cl2NO/c1-2-3-6-9-28-19(25)12-29-18-11-17(16(23)10-15(18)22)24-20(26)13-7-4-5-8-14(13)21(24)27;1-4-12(2,3)15-11(16)8-5-9(13)7-10(14)6-8/h10-11H,2-9,12H2,1H3;1,5-7H,2-3H3,(H,15,16). The Morgan fingerprint density at radius 1 is 1.00 bits per heavy atom. The quantitative estimate of drug-likeness (QED) is 0.121. The molecule has 1 N–H and O–H groups in total. The molecule has 3 amide bonds. The lowest BCUT2D eigenvalue weighted by molar-refractivity contribution is -0.146. The van der Waals surface area contributed by atoms with Gasteiger partial charge in [0.1, 0.15) is 11.6 Å². The second-order valence-electron chi connectivity index (χ2n) is 10.9. The number of hydrogen-bond acceptors (Lipinski definition) is 6. The summed E-state index contributed by atoms with van der Waals surface area (Å²) in [5.41, 5.74) is 0.361. The minimum atomic E-state index is -0.814. The number of esters is 1. The molecule has 0 bridgehead atoms. The Balaban J connectivity index is 0.000000292. The van der Waals surface area contributed by atoms with E-state index in [1.165, 1.54) is 18.2 Å². The summed E-state index contributed by atoms with van der Waals surface area (Å²) >= 11 is 17.6. The van der Waals surface area contributed by atoms with Crippen molar-refractivity contribution in [2.75, 3.05) is 18.1 Å². The normalized spacial score (nSPS) is 14.3. The number of carbonyl (C=O) groups is 4. The van der Waals surface area contributed by atoms with Crippen molar-refractivity contribution in [1.29, 1.82) is 0 Å². The number of nitrogens with zero attached hydrogens (tertiary/aromatic N) is 1. The molecular weight excluding hydrogens is 646 g/mol. The highest BCUT2D eigenvalue weighted by atomic mass is 35.5. The van der Waals surface area contributed by atoms with E-state index in [1.807, 2.05) is 6.92 Å². The fourth-order valence-corrected chi connectivity index (χ4v) is 5.28. The molecule has 0 radical (unpaired) electrons. The van der Waals surface area contributed by atoms with Gasteiger partial charge >= 0.3 is 5.97 Å². The number of anilines is 1. The number of rotatable bonds is 10. The third kappa shape index (κ3) is 9.70. The molecule has 2 aliphatic rings. The van der Waals surface area contributed by atoms with Gasteiger partial charge < -0.3 is 14.8 Å². The van der Waals surface area contributed by atoms with Crippen molar-refractivity contribution in [2.24, 2.45) is 0 Å². The number of unbranched alkanes of at least 4 members (excludes halogenated alkanes) is 2. The zero-order chi connectivity index (χ0) is 33.3. The highest BCUT2D eigenvalue weighted by Gasteiger charge is 2.41. The van der Waals surface area contributed by atoms with Crippen LogP contribution in [0, 0.1) is 18.2 Å². The van der Waals surface area contributed by atoms with Crippen LogP contribution >= 0.6 is 34.8 Å². The molecule has 1 aliphatic heterocycles. The molecule has 0 atom stereocenters. The average molecular weight is 680 g/mol. The summed E-state index contributed by atoms with van der Waals surface area (Å²) in [6, 6.07) is 6.78. The van der Waals surface area contributed by atoms with E-state index in [0.29, 0.717) is 46.2 Å². The van der Waals surface area contributed by atoms with Crippen molar-refractivity contribution in [3.05, 3.63) is 67.9 Å². The van der Waals surface area contributed by atoms with Gasteiger partial charge in [-0.2, -0.15) is 0 Å². The second-order valence-corrected chi connectivity index (χ2v) is 12.2. The zero-order valence-corrected chi connectivity index (χ0v) is 27.5. The van der Waals surface area contributed by atoms with Crippen molar-refractivity contribution in [1.82, 2.24) is 5.32 Å². The second kappa shape index (κ2) is 16.1. The lowest BCUT2D eigenvalue weighted by atomic mass is 9.93. The highest BCUT2D eigenvalue weighted by molar-refractivity contribution is 6.35. The number of halogens is 4. The Morgan fingerprint density at radius 3 is 2.16 bits per heavy atom. The number of carbonyl (C=O) groups excluding carboxylic acids is 4. The van der Waals surface area contributed by atoms with Crippen molar-refractivity contribution < 1.29 is 33.0 Å². The number of terminal acetylenes is 1. The molecule has 1 heterocycles. The van der Waals surface area contributed by atoms with Crippen LogP contribution < -0.4 is 15.0 Å². The first kappa shape index (κ1) is 35.9. The Kier molecular flexibility index (Phi) is 12.9. The fourth-order valence-electron chi connectivity index (χ4n) is 4.55. The van der Waals surface area contributed by atoms with E-state index in [0.717, 1.165) is 43.1 Å². The minimum Gasteiger partial charge on any atom is -0.480 e. The molecule has 12 heteroatoms. The van der Waals surface area contributed by atoms with Crippen LogP contribution in [-0.2, 0) is 19.1 Å². The molecule has 2 aromatic rings. The average Bonchev–Trinajstić information content (AvgIpc) is 3.24. The van der Waals surface area contributed by atoms with Gasteiger partial charge in [0.25, 0.3) is 17.7 Å². The Hall–Kier alpha value is -3.58. The molecule has 4 rings (SSSR count). The van der Waals surface area contributed by atoms with Gasteiger partial charge in [0.05, 0.1) is 22.9 Å². The van der Waals surface area contributed by atoms with E-state index < -0.39 is 35.7 Å². The molecule has 0 unspecified atom stereocenters. The summed E-state index contributed by atoms with van der Waals surface area (Å²) in [4.78, 5) is 49.8. The molecule has 0 fully saturated rings. The molecule has 0 aromatic heterocycles. The van der Waals surface area contributed by atoms with Gasteiger partial charge in [-0.25, -0.2) is 14.1 Å². The maximum atomic E-state index is 14.5. The van der Waals surface area contributed by atoms with Crippen LogP contribution in [0.3, 0.4) is 0 Å². The number of amides is 3. The van der Waals surface area contributed by atoms with E-state index in [2.05, 4.69) is 11.2 Å². The smallest absolute Gasteiger partial charge is 0.344 e. The molecule has 0 saturated carbocycles. The highest BCUT2D eigenvalue weighted by Crippen LogP contribution is 2.39. The van der Waals surface area contributed by atoms with E-state index in [4.69, 9.17) is 50.7 Å². The third-order valence-electron chi connectivity index (χ3n) is 6.90. The predicted molar refractivity (Wildman–Crippen MR) is 172 cm³/mol. The SMILES string of the molecule is C#CC(C)(C)NC(=O)c1cc(Cl)cc(Cl)c1.CCCCCOC(=O)COc1cc(N2C(=O)C3=C(CCCC3)C2=O)c(F)cc1Cl. The molecule has 0 saturated heterocycles. The molecule has 0 spiro atoms. The number of imide groups is 1. The number of benzene rings is 2. The molecule has 2 aromatic carbocycles. The molecular formula is C33H34Cl3FN2O6. The van der Waals surface area contributed by atoms with Gasteiger partial charge in [-0.05, 0) is 70.2 Å².